The van der Waals surface area contributed by atoms with Crippen molar-refractivity contribution in [1.82, 2.24) is 19.7 Å². The Morgan fingerprint density at radius 3 is 2.96 bits per heavy atom. The van der Waals surface area contributed by atoms with Gasteiger partial charge in [-0.3, -0.25) is 4.79 Å². The number of rotatable bonds is 8. The fraction of sp³-hybridized carbons (Fsp3) is 0.471. The molecule has 0 saturated carbocycles. The van der Waals surface area contributed by atoms with Gasteiger partial charge >= 0.3 is 0 Å². The van der Waals surface area contributed by atoms with E-state index in [4.69, 9.17) is 0 Å². The minimum Gasteiger partial charge on any atom is -0.340 e. The highest BCUT2D eigenvalue weighted by Gasteiger charge is 2.33. The van der Waals surface area contributed by atoms with Crippen LogP contribution in [0.5, 0.6) is 0 Å². The Bertz CT molecular complexity index is 906. The van der Waals surface area contributed by atoms with Gasteiger partial charge in [0.2, 0.25) is 5.91 Å². The first-order chi connectivity index (χ1) is 12.9. The summed E-state index contributed by atoms with van der Waals surface area (Å²) in [5.41, 5.74) is 0. The van der Waals surface area contributed by atoms with E-state index in [1.54, 1.807) is 29.4 Å². The monoisotopic (exact) mass is 426 g/mol. The van der Waals surface area contributed by atoms with E-state index >= 15 is 0 Å². The van der Waals surface area contributed by atoms with Crippen LogP contribution in [-0.2, 0) is 27.7 Å². The summed E-state index contributed by atoms with van der Waals surface area (Å²) in [6.07, 6.45) is 2.29. The van der Waals surface area contributed by atoms with Gasteiger partial charge in [-0.1, -0.05) is 23.9 Å². The Labute approximate surface area is 167 Å². The minimum absolute atomic E-state index is 0.00606. The molecule has 1 aliphatic heterocycles. The van der Waals surface area contributed by atoms with Crippen LogP contribution in [0.1, 0.15) is 23.0 Å². The SMILES string of the molecule is C=CCn1c(SCC(=O)N(C)Cc2cccs2)nnc1C1CCS(=O)(=O)C1. The van der Waals surface area contributed by atoms with Crippen LogP contribution in [0.2, 0.25) is 0 Å². The fourth-order valence-corrected chi connectivity index (χ4v) is 6.36. The zero-order valence-electron chi connectivity index (χ0n) is 15.1. The Balaban J connectivity index is 1.66. The molecule has 2 aromatic rings. The number of aromatic nitrogens is 3. The van der Waals surface area contributed by atoms with Gasteiger partial charge in [-0.2, -0.15) is 0 Å². The normalized spacial score (nSPS) is 18.5. The third kappa shape index (κ3) is 4.99. The average Bonchev–Trinajstić information content (AvgIpc) is 3.34. The molecular weight excluding hydrogens is 404 g/mol. The van der Waals surface area contributed by atoms with Crippen LogP contribution in [0.15, 0.2) is 35.3 Å². The molecule has 7 nitrogen and oxygen atoms in total. The summed E-state index contributed by atoms with van der Waals surface area (Å²) in [5.74, 6) is 1.07. The molecular formula is C17H22N4O3S3. The standard InChI is InChI=1S/C17H22N4O3S3/c1-3-7-21-16(13-6-9-27(23,24)12-13)18-19-17(21)26-11-15(22)20(2)10-14-5-4-8-25-14/h3-5,8,13H,1,6-7,9-12H2,2H3. The van der Waals surface area contributed by atoms with E-state index in [2.05, 4.69) is 16.8 Å². The van der Waals surface area contributed by atoms with Crippen molar-refractivity contribution in [3.8, 4) is 0 Å². The molecule has 0 aliphatic carbocycles. The van der Waals surface area contributed by atoms with Crippen LogP contribution in [0.4, 0.5) is 0 Å². The van der Waals surface area contributed by atoms with Gasteiger partial charge in [-0.15, -0.1) is 28.1 Å². The molecule has 0 spiro atoms. The van der Waals surface area contributed by atoms with Gasteiger partial charge in [0.25, 0.3) is 0 Å². The van der Waals surface area contributed by atoms with Crippen molar-refractivity contribution in [2.24, 2.45) is 0 Å². The number of hydrogen-bond acceptors (Lipinski definition) is 7. The summed E-state index contributed by atoms with van der Waals surface area (Å²) in [6.45, 7) is 4.83. The van der Waals surface area contributed by atoms with Crippen molar-refractivity contribution in [2.75, 3.05) is 24.3 Å². The van der Waals surface area contributed by atoms with Gasteiger partial charge in [0, 0.05) is 24.4 Å². The van der Waals surface area contributed by atoms with Gasteiger partial charge in [0.15, 0.2) is 15.0 Å². The predicted octanol–water partition coefficient (Wildman–Crippen LogP) is 2.18. The number of thioether (sulfide) groups is 1. The minimum atomic E-state index is -3.00. The van der Waals surface area contributed by atoms with Crippen LogP contribution in [-0.4, -0.2) is 58.3 Å². The van der Waals surface area contributed by atoms with E-state index in [9.17, 15) is 13.2 Å². The predicted molar refractivity (Wildman–Crippen MR) is 108 cm³/mol. The maximum Gasteiger partial charge on any atom is 0.233 e. The van der Waals surface area contributed by atoms with Gasteiger partial charge in [-0.05, 0) is 17.9 Å². The number of hydrogen-bond donors (Lipinski definition) is 0. The van der Waals surface area contributed by atoms with E-state index in [-0.39, 0.29) is 29.1 Å². The third-order valence-electron chi connectivity index (χ3n) is 4.38. The lowest BCUT2D eigenvalue weighted by atomic mass is 10.1. The summed E-state index contributed by atoms with van der Waals surface area (Å²) < 4.78 is 25.4. The smallest absolute Gasteiger partial charge is 0.233 e. The van der Waals surface area contributed by atoms with Crippen LogP contribution >= 0.6 is 23.1 Å². The molecule has 1 saturated heterocycles. The number of sulfone groups is 1. The lowest BCUT2D eigenvalue weighted by Crippen LogP contribution is -2.27. The number of carbonyl (C=O) groups excluding carboxylic acids is 1. The molecule has 27 heavy (non-hydrogen) atoms. The molecule has 1 atom stereocenters. The molecule has 3 rings (SSSR count). The number of thiophene rings is 1. The number of amides is 1. The highest BCUT2D eigenvalue weighted by atomic mass is 32.2. The topological polar surface area (TPSA) is 85.2 Å². The highest BCUT2D eigenvalue weighted by Crippen LogP contribution is 2.30. The van der Waals surface area contributed by atoms with Crippen molar-refractivity contribution in [3.05, 3.63) is 40.9 Å². The summed E-state index contributed by atoms with van der Waals surface area (Å²) >= 11 is 2.94. The third-order valence-corrected chi connectivity index (χ3v) is 7.96. The van der Waals surface area contributed by atoms with Crippen LogP contribution in [0.3, 0.4) is 0 Å². The van der Waals surface area contributed by atoms with Gasteiger partial charge in [-0.25, -0.2) is 8.42 Å². The summed E-state index contributed by atoms with van der Waals surface area (Å²) in [7, 11) is -1.22. The largest absolute Gasteiger partial charge is 0.340 e. The number of nitrogens with zero attached hydrogens (tertiary/aromatic N) is 4. The Kier molecular flexibility index (Phi) is 6.38. The molecule has 0 N–H and O–H groups in total. The van der Waals surface area contributed by atoms with Crippen molar-refractivity contribution in [2.45, 2.75) is 30.6 Å². The van der Waals surface area contributed by atoms with Crippen molar-refractivity contribution in [1.29, 1.82) is 0 Å². The van der Waals surface area contributed by atoms with E-state index in [1.165, 1.54) is 11.8 Å². The van der Waals surface area contributed by atoms with Gasteiger partial charge in [0.1, 0.15) is 5.82 Å². The molecule has 1 unspecified atom stereocenters. The maximum atomic E-state index is 12.4. The first-order valence-electron chi connectivity index (χ1n) is 8.53. The Morgan fingerprint density at radius 2 is 2.33 bits per heavy atom. The molecule has 3 heterocycles. The zero-order chi connectivity index (χ0) is 19.4. The molecule has 1 fully saturated rings. The fourth-order valence-electron chi connectivity index (χ4n) is 2.97. The van der Waals surface area contributed by atoms with Gasteiger partial charge < -0.3 is 9.47 Å². The lowest BCUT2D eigenvalue weighted by molar-refractivity contribution is -0.127. The van der Waals surface area contributed by atoms with Crippen molar-refractivity contribution < 1.29 is 13.2 Å². The second kappa shape index (κ2) is 8.57. The Morgan fingerprint density at radius 1 is 1.52 bits per heavy atom. The number of carbonyl (C=O) groups is 1. The molecule has 1 aliphatic rings. The summed E-state index contributed by atoms with van der Waals surface area (Å²) in [6, 6.07) is 3.97. The average molecular weight is 427 g/mol. The van der Waals surface area contributed by atoms with Gasteiger partial charge in [0.05, 0.1) is 23.8 Å². The van der Waals surface area contributed by atoms with E-state index in [0.717, 1.165) is 4.88 Å². The van der Waals surface area contributed by atoms with Crippen molar-refractivity contribution in [3.63, 3.8) is 0 Å². The van der Waals surface area contributed by atoms with Crippen LogP contribution in [0.25, 0.3) is 0 Å². The molecule has 0 aromatic carbocycles. The first kappa shape index (κ1) is 20.1. The lowest BCUT2D eigenvalue weighted by Gasteiger charge is -2.16. The molecule has 1 amide bonds. The number of allylic oxidation sites excluding steroid dienone is 1. The van der Waals surface area contributed by atoms with E-state index in [1.807, 2.05) is 22.1 Å². The molecule has 2 aromatic heterocycles. The second-order valence-electron chi connectivity index (χ2n) is 6.46. The van der Waals surface area contributed by atoms with Crippen LogP contribution < -0.4 is 0 Å². The Hall–Kier alpha value is -1.65. The quantitative estimate of drug-likeness (QED) is 0.475. The zero-order valence-corrected chi connectivity index (χ0v) is 17.5. The van der Waals surface area contributed by atoms with E-state index < -0.39 is 9.84 Å². The maximum absolute atomic E-state index is 12.4. The molecule has 0 bridgehead atoms. The highest BCUT2D eigenvalue weighted by molar-refractivity contribution is 7.99. The first-order valence-corrected chi connectivity index (χ1v) is 12.2. The second-order valence-corrected chi connectivity index (χ2v) is 10.7. The molecule has 10 heteroatoms. The van der Waals surface area contributed by atoms with Crippen LogP contribution in [0, 0.1) is 0 Å². The van der Waals surface area contributed by atoms with E-state index in [0.29, 0.717) is 30.5 Å². The molecule has 0 radical (unpaired) electrons. The van der Waals surface area contributed by atoms with Crippen molar-refractivity contribution >= 4 is 38.8 Å². The summed E-state index contributed by atoms with van der Waals surface area (Å²) in [5, 5.41) is 11.0. The molecule has 146 valence electrons. The summed E-state index contributed by atoms with van der Waals surface area (Å²) in [4.78, 5) is 15.2.